The summed E-state index contributed by atoms with van der Waals surface area (Å²) in [6.07, 6.45) is 6.87. The summed E-state index contributed by atoms with van der Waals surface area (Å²) in [5, 5.41) is 0. The Morgan fingerprint density at radius 2 is 2.36 bits per heavy atom. The van der Waals surface area contributed by atoms with Crippen molar-refractivity contribution in [2.45, 2.75) is 52.1 Å². The summed E-state index contributed by atoms with van der Waals surface area (Å²) in [5.41, 5.74) is 0. The molecule has 1 rings (SSSR count). The molecule has 3 heteroatoms. The van der Waals surface area contributed by atoms with E-state index in [2.05, 4.69) is 13.8 Å². The minimum atomic E-state index is 0.398. The van der Waals surface area contributed by atoms with Crippen LogP contribution in [0.3, 0.4) is 0 Å². The Labute approximate surface area is 97.0 Å². The van der Waals surface area contributed by atoms with Gasteiger partial charge in [-0.3, -0.25) is 0 Å². The van der Waals surface area contributed by atoms with Crippen molar-refractivity contribution in [2.75, 3.05) is 5.75 Å². The summed E-state index contributed by atoms with van der Waals surface area (Å²) in [6, 6.07) is 0. The van der Waals surface area contributed by atoms with Gasteiger partial charge in [-0.2, -0.15) is 0 Å². The number of hydrogen-bond donors (Lipinski definition) is 0. The maximum atomic E-state index is 5.57. The van der Waals surface area contributed by atoms with Crippen LogP contribution >= 0.6 is 24.0 Å². The summed E-state index contributed by atoms with van der Waals surface area (Å²) in [5.74, 6) is 1.91. The first-order chi connectivity index (χ1) is 6.76. The van der Waals surface area contributed by atoms with Crippen LogP contribution < -0.4 is 0 Å². The Bertz CT molecular complexity index is 182. The van der Waals surface area contributed by atoms with Crippen molar-refractivity contribution in [1.82, 2.24) is 0 Å². The first kappa shape index (κ1) is 12.3. The van der Waals surface area contributed by atoms with Gasteiger partial charge >= 0.3 is 0 Å². The fraction of sp³-hybridized carbons (Fsp3) is 0.909. The van der Waals surface area contributed by atoms with Crippen LogP contribution in [0.4, 0.5) is 0 Å². The molecule has 1 nitrogen and oxygen atoms in total. The second kappa shape index (κ2) is 6.67. The summed E-state index contributed by atoms with van der Waals surface area (Å²) in [4.78, 5) is 0. The zero-order chi connectivity index (χ0) is 10.4. The fourth-order valence-corrected chi connectivity index (χ4v) is 2.90. The molecule has 1 aliphatic rings. The average Bonchev–Trinajstić information content (AvgIpc) is 2.58. The van der Waals surface area contributed by atoms with E-state index in [4.69, 9.17) is 17.0 Å². The molecular formula is C11H20OS2. The maximum Gasteiger partial charge on any atom is 0.220 e. The maximum absolute atomic E-state index is 5.57. The van der Waals surface area contributed by atoms with E-state index in [9.17, 15) is 0 Å². The Morgan fingerprint density at radius 1 is 1.57 bits per heavy atom. The highest BCUT2D eigenvalue weighted by Gasteiger charge is 2.23. The number of thiocarbonyl (C=S) groups is 1. The van der Waals surface area contributed by atoms with E-state index in [0.29, 0.717) is 6.10 Å². The SMILES string of the molecule is CCCCC(CC)CC1CSC(=S)O1. The van der Waals surface area contributed by atoms with Crippen LogP contribution in [-0.2, 0) is 4.74 Å². The van der Waals surface area contributed by atoms with E-state index in [1.165, 1.54) is 32.1 Å². The second-order valence-electron chi connectivity index (χ2n) is 3.95. The van der Waals surface area contributed by atoms with Crippen molar-refractivity contribution in [3.63, 3.8) is 0 Å². The number of hydrogen-bond acceptors (Lipinski definition) is 3. The van der Waals surface area contributed by atoms with Crippen molar-refractivity contribution >= 4 is 28.4 Å². The van der Waals surface area contributed by atoms with E-state index >= 15 is 0 Å². The van der Waals surface area contributed by atoms with Gasteiger partial charge in [-0.25, -0.2) is 0 Å². The third kappa shape index (κ3) is 4.18. The van der Waals surface area contributed by atoms with Gasteiger partial charge in [0.25, 0.3) is 0 Å². The van der Waals surface area contributed by atoms with Gasteiger partial charge in [-0.05, 0) is 24.6 Å². The third-order valence-corrected chi connectivity index (χ3v) is 4.11. The summed E-state index contributed by atoms with van der Waals surface area (Å²) >= 11 is 6.70. The van der Waals surface area contributed by atoms with Crippen molar-refractivity contribution < 1.29 is 4.74 Å². The molecule has 82 valence electrons. The number of rotatable bonds is 6. The molecule has 1 aliphatic heterocycles. The van der Waals surface area contributed by atoms with Crippen LogP contribution in [0.1, 0.15) is 46.0 Å². The molecule has 0 aromatic heterocycles. The monoisotopic (exact) mass is 232 g/mol. The second-order valence-corrected chi connectivity index (χ2v) is 5.58. The minimum absolute atomic E-state index is 0.398. The fourth-order valence-electron chi connectivity index (χ4n) is 1.83. The van der Waals surface area contributed by atoms with E-state index in [1.54, 1.807) is 11.8 Å². The molecule has 1 fully saturated rings. The van der Waals surface area contributed by atoms with Gasteiger partial charge in [-0.15, -0.1) is 0 Å². The summed E-state index contributed by atoms with van der Waals surface area (Å²) in [6.45, 7) is 4.53. The number of unbranched alkanes of at least 4 members (excludes halogenated alkanes) is 1. The Morgan fingerprint density at radius 3 is 2.86 bits per heavy atom. The molecule has 0 spiro atoms. The van der Waals surface area contributed by atoms with Crippen LogP contribution in [0.25, 0.3) is 0 Å². The van der Waals surface area contributed by atoms with Gasteiger partial charge in [0.15, 0.2) is 0 Å². The minimum Gasteiger partial charge on any atom is -0.474 e. The molecule has 0 saturated carbocycles. The highest BCUT2D eigenvalue weighted by atomic mass is 32.2. The van der Waals surface area contributed by atoms with Crippen LogP contribution in [0.2, 0.25) is 0 Å². The Balaban J connectivity index is 2.22. The number of ether oxygens (including phenoxy) is 1. The zero-order valence-electron chi connectivity index (χ0n) is 9.12. The van der Waals surface area contributed by atoms with Gasteiger partial charge in [0, 0.05) is 5.75 Å². The smallest absolute Gasteiger partial charge is 0.220 e. The molecular weight excluding hydrogens is 212 g/mol. The predicted octanol–water partition coefficient (Wildman–Crippen LogP) is 4.01. The van der Waals surface area contributed by atoms with E-state index in [1.807, 2.05) is 0 Å². The lowest BCUT2D eigenvalue weighted by Crippen LogP contribution is -2.15. The van der Waals surface area contributed by atoms with Gasteiger partial charge in [-0.1, -0.05) is 51.3 Å². The standard InChI is InChI=1S/C11H20OS2/c1-3-5-6-9(4-2)7-10-8-14-11(13)12-10/h9-10H,3-8H2,1-2H3. The molecule has 0 bridgehead atoms. The average molecular weight is 232 g/mol. The summed E-state index contributed by atoms with van der Waals surface area (Å²) < 4.78 is 6.32. The molecule has 0 aliphatic carbocycles. The van der Waals surface area contributed by atoms with Gasteiger partial charge in [0.2, 0.25) is 4.38 Å². The largest absolute Gasteiger partial charge is 0.474 e. The van der Waals surface area contributed by atoms with Crippen LogP contribution in [0.5, 0.6) is 0 Å². The van der Waals surface area contributed by atoms with E-state index in [0.717, 1.165) is 16.1 Å². The van der Waals surface area contributed by atoms with Gasteiger partial charge in [0.1, 0.15) is 6.10 Å². The molecule has 1 heterocycles. The molecule has 14 heavy (non-hydrogen) atoms. The molecule has 2 atom stereocenters. The third-order valence-electron chi connectivity index (χ3n) is 2.79. The normalized spacial score (nSPS) is 23.6. The van der Waals surface area contributed by atoms with Crippen molar-refractivity contribution in [3.8, 4) is 0 Å². The van der Waals surface area contributed by atoms with Crippen molar-refractivity contribution in [1.29, 1.82) is 0 Å². The molecule has 1 saturated heterocycles. The Hall–Kier alpha value is 0.240. The van der Waals surface area contributed by atoms with Crippen molar-refractivity contribution in [3.05, 3.63) is 0 Å². The van der Waals surface area contributed by atoms with Crippen LogP contribution in [0.15, 0.2) is 0 Å². The van der Waals surface area contributed by atoms with E-state index in [-0.39, 0.29) is 0 Å². The van der Waals surface area contributed by atoms with E-state index < -0.39 is 0 Å². The molecule has 0 aromatic rings. The molecule has 2 unspecified atom stereocenters. The predicted molar refractivity (Wildman–Crippen MR) is 67.9 cm³/mol. The lowest BCUT2D eigenvalue weighted by molar-refractivity contribution is 0.189. The lowest BCUT2D eigenvalue weighted by atomic mass is 9.93. The van der Waals surface area contributed by atoms with Crippen LogP contribution in [0, 0.1) is 5.92 Å². The lowest BCUT2D eigenvalue weighted by Gasteiger charge is -2.17. The highest BCUT2D eigenvalue weighted by molar-refractivity contribution is 8.22. The molecule has 0 radical (unpaired) electrons. The number of thioether (sulfide) groups is 1. The van der Waals surface area contributed by atoms with Gasteiger partial charge < -0.3 is 4.74 Å². The van der Waals surface area contributed by atoms with Gasteiger partial charge in [0.05, 0.1) is 0 Å². The first-order valence-electron chi connectivity index (χ1n) is 5.59. The van der Waals surface area contributed by atoms with Crippen LogP contribution in [-0.4, -0.2) is 16.2 Å². The first-order valence-corrected chi connectivity index (χ1v) is 6.99. The topological polar surface area (TPSA) is 9.23 Å². The molecule has 0 N–H and O–H groups in total. The quantitative estimate of drug-likeness (QED) is 0.640. The Kier molecular flexibility index (Phi) is 5.87. The molecule has 0 aromatic carbocycles. The molecule has 0 amide bonds. The summed E-state index contributed by atoms with van der Waals surface area (Å²) in [7, 11) is 0. The zero-order valence-corrected chi connectivity index (χ0v) is 10.8. The highest BCUT2D eigenvalue weighted by Crippen LogP contribution is 2.27. The van der Waals surface area contributed by atoms with Crippen molar-refractivity contribution in [2.24, 2.45) is 5.92 Å².